The molecule has 0 amide bonds. The molecule has 5 saturated heterocycles. The molecule has 0 spiro atoms. The Morgan fingerprint density at radius 3 is 0.817 bits per heavy atom. The molecule has 15 heterocycles. The summed E-state index contributed by atoms with van der Waals surface area (Å²) in [5.74, 6) is 4.42. The van der Waals surface area contributed by atoms with Crippen LogP contribution in [-0.2, 0) is 0 Å². The zero-order chi connectivity index (χ0) is 88.4. The van der Waals surface area contributed by atoms with Crippen molar-refractivity contribution in [2.75, 3.05) is 89.9 Å². The van der Waals surface area contributed by atoms with Crippen LogP contribution in [0, 0.1) is 21.7 Å². The Hall–Kier alpha value is -9.87. The van der Waals surface area contributed by atoms with E-state index in [1.807, 2.05) is 116 Å². The van der Waals surface area contributed by atoms with Gasteiger partial charge in [-0.2, -0.15) is 25.5 Å². The molecule has 656 valence electrons. The molecule has 15 aromatic rings. The third-order valence-electron chi connectivity index (χ3n) is 26.1. The number of fused-ring (bicyclic) bond motifs is 5. The van der Waals surface area contributed by atoms with E-state index in [0.717, 1.165) is 204 Å². The Labute approximate surface area is 772 Å². The van der Waals surface area contributed by atoms with E-state index < -0.39 is 0 Å². The predicted octanol–water partition coefficient (Wildman–Crippen LogP) is 23.3. The highest BCUT2D eigenvalue weighted by Crippen LogP contribution is 2.42. The van der Waals surface area contributed by atoms with Gasteiger partial charge in [0, 0.05) is 129 Å². The lowest BCUT2D eigenvalue weighted by Gasteiger charge is -2.39. The second-order valence-corrected chi connectivity index (χ2v) is 39.1. The number of rotatable bonds is 13. The number of halogens is 8. The van der Waals surface area contributed by atoms with Crippen molar-refractivity contribution < 1.29 is 0 Å². The second kappa shape index (κ2) is 37.8. The number of aromatic nitrogens is 20. The van der Waals surface area contributed by atoms with Gasteiger partial charge < -0.3 is 30.2 Å². The molecule has 126 heavy (non-hydrogen) atoms. The summed E-state index contributed by atoms with van der Waals surface area (Å²) in [4.78, 5) is 58.0. The molecule has 0 aliphatic carbocycles. The van der Waals surface area contributed by atoms with E-state index in [1.165, 1.54) is 57.8 Å². The number of hydrogen-bond donors (Lipinski definition) is 6. The van der Waals surface area contributed by atoms with Gasteiger partial charge in [0.05, 0.1) is 69.5 Å². The van der Waals surface area contributed by atoms with Crippen LogP contribution in [0.15, 0.2) is 134 Å². The van der Waals surface area contributed by atoms with Crippen molar-refractivity contribution in [3.8, 4) is 56.3 Å². The first-order valence-electron chi connectivity index (χ1n) is 43.0. The zero-order valence-corrected chi connectivity index (χ0v) is 78.1. The van der Waals surface area contributed by atoms with Gasteiger partial charge in [-0.15, -0.1) is 0 Å². The molecule has 0 atom stereocenters. The molecule has 5 aliphatic rings. The van der Waals surface area contributed by atoms with Crippen LogP contribution in [0.2, 0.25) is 40.2 Å². The average Bonchev–Trinajstić information content (AvgIpc) is 1.67. The van der Waals surface area contributed by atoms with E-state index in [2.05, 4.69) is 168 Å². The first-order valence-corrected chi connectivity index (χ1v) is 46.0. The summed E-state index contributed by atoms with van der Waals surface area (Å²) in [7, 11) is 0. The van der Waals surface area contributed by atoms with E-state index in [4.69, 9.17) is 118 Å². The van der Waals surface area contributed by atoms with Gasteiger partial charge in [-0.25, -0.2) is 49.8 Å². The smallest absolute Gasteiger partial charge is 0.202 e. The van der Waals surface area contributed by atoms with Crippen molar-refractivity contribution in [1.82, 2.24) is 101 Å². The molecule has 5 aromatic carbocycles. The Morgan fingerprint density at radius 2 is 0.548 bits per heavy atom. The van der Waals surface area contributed by atoms with E-state index >= 15 is 0 Å². The monoisotopic (exact) mass is 1850 g/mol. The molecule has 0 bridgehead atoms. The normalized spacial score (nSPS) is 17.1. The summed E-state index contributed by atoms with van der Waals surface area (Å²) in [6.07, 6.45) is 24.1. The van der Waals surface area contributed by atoms with Crippen LogP contribution in [0.25, 0.3) is 112 Å². The summed E-state index contributed by atoms with van der Waals surface area (Å²) >= 11 is 48.8. The number of aromatic amines is 5. The fraction of sp³-hybridized carbons (Fsp3) is 0.402. The minimum absolute atomic E-state index is 0.0832. The number of nitrogens with one attached hydrogen (secondary N) is 5. The highest BCUT2D eigenvalue weighted by atomic mass is 35.5. The van der Waals surface area contributed by atoms with E-state index in [-0.39, 0.29) is 5.54 Å². The standard InChI is InChI=1S/2C19H21Cl2N5.C19H22ClN5.C18H19Cl2N5.C17H19ClN6/c1-3-19(2)4-6-26(7-5-19)15-11-22-17-16(24-25-18(17)23-15)12-8-13(20)10-14(21)9-12;1-3-19(2)6-8-26(9-7-19)15-11-22-17-16(24-25-18(17)23-15)12-4-5-13(20)14(21)10-12;1-3-19(2)7-9-25(10-8-19)15-12-21-17-16(23-24-18(17)22-15)13-5-4-6-14(20)11-13;1-18(2)3-5-25(6-4-18)14-10-21-16-15(23-24-17(16)22-14)11-7-12(19)9-13(20)8-11;1-17(19)5-7-24(8-6-17)13-10-20-15-14(22-23-16(15)21-13)11-3-2-4-12(18)9-11/h8-11H,3-7H2,1-2H3,(H,23,24,25);4-5,10-11H,3,6-9H2,1-2H3,(H,23,24,25);4-6,11-12H,3,7-10H2,1-2H3,(H,22,23,24);7-10H,3-6H2,1-2H3,(H,22,23,24);2-4,9-10H,5-8,19H2,1H3,(H,21,22,23). The summed E-state index contributed by atoms with van der Waals surface area (Å²) in [6, 6.07) is 31.5. The van der Waals surface area contributed by atoms with Crippen LogP contribution >= 0.6 is 92.8 Å². The number of benzene rings is 5. The van der Waals surface area contributed by atoms with Gasteiger partial charge in [-0.05, 0) is 166 Å². The topological polar surface area (TPSA) is 315 Å². The van der Waals surface area contributed by atoms with Crippen LogP contribution in [0.5, 0.6) is 0 Å². The average molecular weight is 1860 g/mol. The van der Waals surface area contributed by atoms with Crippen molar-refractivity contribution in [3.63, 3.8) is 0 Å². The predicted molar refractivity (Wildman–Crippen MR) is 514 cm³/mol. The minimum Gasteiger partial charge on any atom is -0.355 e. The Morgan fingerprint density at radius 1 is 0.294 bits per heavy atom. The second-order valence-electron chi connectivity index (χ2n) is 35.7. The Balaban J connectivity index is 0.000000116. The fourth-order valence-electron chi connectivity index (χ4n) is 16.5. The van der Waals surface area contributed by atoms with Crippen LogP contribution in [0.3, 0.4) is 0 Å². The van der Waals surface area contributed by atoms with Gasteiger partial charge in [0.15, 0.2) is 0 Å². The van der Waals surface area contributed by atoms with Crippen LogP contribution < -0.4 is 30.2 Å². The third kappa shape index (κ3) is 20.6. The van der Waals surface area contributed by atoms with Gasteiger partial charge in [0.1, 0.15) is 56.7 Å². The molecule has 5 aliphatic heterocycles. The molecule has 7 N–H and O–H groups in total. The van der Waals surface area contributed by atoms with Gasteiger partial charge in [-0.3, -0.25) is 25.5 Å². The maximum Gasteiger partial charge on any atom is 0.202 e. The van der Waals surface area contributed by atoms with Gasteiger partial charge in [0.25, 0.3) is 0 Å². The van der Waals surface area contributed by atoms with Crippen molar-refractivity contribution in [2.45, 2.75) is 151 Å². The molecule has 10 aromatic heterocycles. The number of nitrogens with two attached hydrogens (primary N) is 1. The molecular formula is C92H102Cl8N26. The lowest BCUT2D eigenvalue weighted by Crippen LogP contribution is -2.48. The first-order chi connectivity index (χ1) is 60.5. The molecule has 0 radical (unpaired) electrons. The van der Waals surface area contributed by atoms with Crippen molar-refractivity contribution >= 4 is 178 Å². The fourth-order valence-corrected chi connectivity index (χ4v) is 18.2. The van der Waals surface area contributed by atoms with E-state index in [0.29, 0.717) is 90.1 Å². The molecule has 0 unspecified atom stereocenters. The highest BCUT2D eigenvalue weighted by Gasteiger charge is 2.34. The molecule has 0 saturated carbocycles. The largest absolute Gasteiger partial charge is 0.355 e. The summed E-state index contributed by atoms with van der Waals surface area (Å²) in [5, 5.41) is 41.6. The molecule has 5 fully saturated rings. The quantitative estimate of drug-likeness (QED) is 0.0625. The summed E-state index contributed by atoms with van der Waals surface area (Å²) in [6.45, 7) is 30.5. The molecule has 20 rings (SSSR count). The van der Waals surface area contributed by atoms with Crippen LogP contribution in [0.1, 0.15) is 146 Å². The molecule has 34 heteroatoms. The minimum atomic E-state index is -0.0832. The first kappa shape index (κ1) is 89.5. The number of H-pyrrole nitrogens is 5. The Bertz CT molecular complexity index is 6310. The van der Waals surface area contributed by atoms with Crippen LogP contribution in [-0.4, -0.2) is 172 Å². The highest BCUT2D eigenvalue weighted by molar-refractivity contribution is 6.42. The summed E-state index contributed by atoms with van der Waals surface area (Å²) < 4.78 is 0. The number of piperidine rings is 5. The lowest BCUT2D eigenvalue weighted by atomic mass is 9.78. The number of nitrogens with zero attached hydrogens (tertiary/aromatic N) is 20. The lowest BCUT2D eigenvalue weighted by molar-refractivity contribution is 0.237. The van der Waals surface area contributed by atoms with Gasteiger partial charge in [0.2, 0.25) is 28.2 Å². The molecular weight excluding hydrogens is 1750 g/mol. The maximum atomic E-state index is 6.20. The third-order valence-corrected chi connectivity index (χ3v) is 28.2. The van der Waals surface area contributed by atoms with Gasteiger partial charge >= 0.3 is 0 Å². The Kier molecular flexibility index (Phi) is 26.9. The number of anilines is 5. The SMILES string of the molecule is CC1(C)CCN(c2cnc3c(-c4cc(Cl)cc(Cl)c4)[nH]nc3n2)CC1.CC1(N)CCN(c2cnc3c(-c4cccc(Cl)c4)[nH]nc3n2)CC1.CCC1(C)CCN(c2cnc3c(-c4cc(Cl)cc(Cl)c4)[nH]nc3n2)CC1.CCC1(C)CCN(c2cnc3c(-c4ccc(Cl)c(Cl)c4)[nH]nc3n2)CC1.CCC1(C)CCN(c2cnc3c(-c4cccc(Cl)c4)[nH]nc3n2)CC1. The van der Waals surface area contributed by atoms with Crippen molar-refractivity contribution in [3.05, 3.63) is 174 Å². The van der Waals surface area contributed by atoms with Gasteiger partial charge in [-0.1, -0.05) is 198 Å². The van der Waals surface area contributed by atoms with Crippen molar-refractivity contribution in [1.29, 1.82) is 0 Å². The molecule has 26 nitrogen and oxygen atoms in total. The van der Waals surface area contributed by atoms with E-state index in [1.54, 1.807) is 18.2 Å². The number of hydrogen-bond acceptors (Lipinski definition) is 21. The zero-order valence-electron chi connectivity index (χ0n) is 72.0. The summed E-state index contributed by atoms with van der Waals surface area (Å²) in [5.41, 5.74) is 23.2. The van der Waals surface area contributed by atoms with Crippen molar-refractivity contribution in [2.24, 2.45) is 27.4 Å². The van der Waals surface area contributed by atoms with Crippen LogP contribution in [0.4, 0.5) is 29.1 Å². The van der Waals surface area contributed by atoms with E-state index in [9.17, 15) is 0 Å². The maximum absolute atomic E-state index is 6.20.